The molecule has 12 atom stereocenters. The summed E-state index contributed by atoms with van der Waals surface area (Å²) < 4.78 is 0. The smallest absolute Gasteiger partial charge is 0.246 e. The molecule has 548 valence electrons. The molecule has 0 aliphatic carbocycles. The molecule has 4 aromatic rings. The predicted octanol–water partition coefficient (Wildman–Crippen LogP) is -0.0421. The van der Waals surface area contributed by atoms with Gasteiger partial charge in [-0.15, -0.1) is 0 Å². The van der Waals surface area contributed by atoms with Crippen molar-refractivity contribution in [2.24, 2.45) is 67.9 Å². The van der Waals surface area contributed by atoms with E-state index < -0.39 is 125 Å². The van der Waals surface area contributed by atoms with Gasteiger partial charge >= 0.3 is 0 Å². The van der Waals surface area contributed by atoms with E-state index in [0.29, 0.717) is 49.8 Å². The second kappa shape index (κ2) is 40.9. The molecule has 0 bridgehead atoms. The average molecular weight is 1390 g/mol. The molecule has 24 N–H and O–H groups in total. The summed E-state index contributed by atoms with van der Waals surface area (Å²) in [6.07, 6.45) is 4.55. The Morgan fingerprint density at radius 1 is 0.550 bits per heavy atom. The lowest BCUT2D eigenvalue weighted by Crippen LogP contribution is -2.62. The molecule has 5 rings (SSSR count). The van der Waals surface area contributed by atoms with E-state index in [1.54, 1.807) is 13.1 Å². The third-order valence-electron chi connectivity index (χ3n) is 17.9. The number of aromatic nitrogens is 1. The Bertz CT molecular complexity index is 3410. The lowest BCUT2D eigenvalue weighted by atomic mass is 9.94. The number of para-hydroxylation sites is 1. The highest BCUT2D eigenvalue weighted by Crippen LogP contribution is 2.25. The van der Waals surface area contributed by atoms with Crippen molar-refractivity contribution in [3.8, 4) is 5.75 Å². The van der Waals surface area contributed by atoms with Crippen molar-refractivity contribution >= 4 is 81.9 Å². The minimum atomic E-state index is -1.46. The largest absolute Gasteiger partial charge is 0.508 e. The first-order valence-corrected chi connectivity index (χ1v) is 34.6. The number of amides is 10. The molecule has 0 radical (unpaired) electrons. The lowest BCUT2D eigenvalue weighted by molar-refractivity contribution is -0.143. The number of aliphatic imine (C=N–C) groups is 2. The van der Waals surface area contributed by atoms with Gasteiger partial charge in [0.15, 0.2) is 11.9 Å². The van der Waals surface area contributed by atoms with Crippen LogP contribution in [0.5, 0.6) is 5.75 Å². The Kier molecular flexibility index (Phi) is 33.1. The Labute approximate surface area is 584 Å². The molecular formula is C70H107N19O11. The van der Waals surface area contributed by atoms with E-state index in [2.05, 4.69) is 57.5 Å². The second-order valence-electron chi connectivity index (χ2n) is 26.2. The van der Waals surface area contributed by atoms with E-state index in [0.717, 1.165) is 16.5 Å². The van der Waals surface area contributed by atoms with Crippen LogP contribution in [0.25, 0.3) is 10.9 Å². The van der Waals surface area contributed by atoms with Gasteiger partial charge in [0.1, 0.15) is 60.1 Å². The van der Waals surface area contributed by atoms with Gasteiger partial charge in [-0.25, -0.2) is 0 Å². The maximum atomic E-state index is 15.4. The van der Waals surface area contributed by atoms with Crippen molar-refractivity contribution in [3.05, 3.63) is 102 Å². The number of nitrogens with one attached hydrogen (secondary N) is 9. The Morgan fingerprint density at radius 3 is 1.61 bits per heavy atom. The maximum absolute atomic E-state index is 15.4. The van der Waals surface area contributed by atoms with E-state index in [-0.39, 0.29) is 113 Å². The van der Waals surface area contributed by atoms with Gasteiger partial charge in [-0.3, -0.25) is 57.9 Å². The van der Waals surface area contributed by atoms with Crippen LogP contribution in [0.3, 0.4) is 0 Å². The van der Waals surface area contributed by atoms with Gasteiger partial charge in [-0.1, -0.05) is 115 Å². The highest BCUT2D eigenvalue weighted by molar-refractivity contribution is 5.99. The first-order chi connectivity index (χ1) is 47.6. The molecule has 1 aliphatic rings. The number of hydrogen-bond donors (Lipinski definition) is 17. The second-order valence-corrected chi connectivity index (χ2v) is 26.2. The van der Waals surface area contributed by atoms with Crippen molar-refractivity contribution in [3.63, 3.8) is 0 Å². The van der Waals surface area contributed by atoms with Crippen molar-refractivity contribution in [2.45, 2.75) is 198 Å². The molecule has 1 saturated heterocycles. The molecule has 1 fully saturated rings. The number of aromatic amines is 1. The number of phenols is 1. The van der Waals surface area contributed by atoms with E-state index in [4.69, 9.17) is 40.1 Å². The standard InChI is InChI=1S/C70H107N19O11/c1-7-41(5)57(88-67(99)58(42(6)8-2)87-60(92)48(72)36-43-19-10-9-11-20-43)66(98)86-55(38-45-39-80-49-22-13-12-21-47(45)49)68(100)89-34-18-26-56(89)65(97)85-53(35-40(3)4)63(95)82-52(25-17-33-79-70(76)77)62(94)84-54(37-44-27-29-46(90)30-28-44)64(96)83-51(24-16-32-78-69(74)75)61(93)81-50(59(73)91)23-14-15-31-71/h9-13,19-22,27-30,39-42,48,50-58,80,90H,7-8,14-18,23-26,31-38,71-72H2,1-6H3,(H2,73,91)(H,81,93)(H,82,95)(H,83,96)(H,84,94)(H,85,97)(H,86,98)(H,87,92)(H,88,99)(H4,74,75,78)(H4,76,77,79)/t41-,42-,48-,50-,51-,52-,53-,54-,55-,56-,57-,58-/m0/s1. The normalized spacial score (nSPS) is 16.1. The highest BCUT2D eigenvalue weighted by atomic mass is 16.3. The van der Waals surface area contributed by atoms with E-state index in [1.807, 2.05) is 89.2 Å². The summed E-state index contributed by atoms with van der Waals surface area (Å²) in [5.74, 6) is -8.84. The number of rotatable bonds is 42. The first kappa shape index (κ1) is 80.8. The summed E-state index contributed by atoms with van der Waals surface area (Å²) in [5.41, 5.74) is 42.9. The fraction of sp³-hybridized carbons (Fsp3) is 0.543. The van der Waals surface area contributed by atoms with E-state index >= 15 is 4.79 Å². The minimum absolute atomic E-state index is 0.0186. The number of hydrogen-bond acceptors (Lipinski definition) is 15. The summed E-state index contributed by atoms with van der Waals surface area (Å²) in [6.45, 7) is 11.5. The summed E-state index contributed by atoms with van der Waals surface area (Å²) in [6, 6.07) is 10.1. The molecule has 1 aliphatic heterocycles. The zero-order valence-corrected chi connectivity index (χ0v) is 58.4. The molecule has 0 spiro atoms. The third kappa shape index (κ3) is 25.8. The number of H-pyrrole nitrogens is 1. The molecule has 100 heavy (non-hydrogen) atoms. The lowest BCUT2D eigenvalue weighted by Gasteiger charge is -2.32. The number of carbonyl (C=O) groups is 10. The van der Waals surface area contributed by atoms with Crippen molar-refractivity contribution in [2.75, 3.05) is 26.2 Å². The summed E-state index contributed by atoms with van der Waals surface area (Å²) >= 11 is 0. The fourth-order valence-corrected chi connectivity index (χ4v) is 11.8. The fourth-order valence-electron chi connectivity index (χ4n) is 11.8. The number of aromatic hydroxyl groups is 1. The Balaban J connectivity index is 1.43. The van der Waals surface area contributed by atoms with E-state index in [9.17, 15) is 48.3 Å². The molecule has 30 heteroatoms. The number of unbranched alkanes of at least 4 members (excludes halogenated alkanes) is 1. The molecule has 2 heterocycles. The topological polar surface area (TPSA) is 513 Å². The maximum Gasteiger partial charge on any atom is 0.246 e. The highest BCUT2D eigenvalue weighted by Gasteiger charge is 2.42. The number of guanidine groups is 2. The number of benzene rings is 3. The number of primary amides is 1. The predicted molar refractivity (Wildman–Crippen MR) is 382 cm³/mol. The first-order valence-electron chi connectivity index (χ1n) is 34.6. The van der Waals surface area contributed by atoms with Crippen LogP contribution in [-0.4, -0.2) is 173 Å². The van der Waals surface area contributed by atoms with E-state index in [1.165, 1.54) is 29.2 Å². The molecule has 10 amide bonds. The zero-order valence-electron chi connectivity index (χ0n) is 58.4. The van der Waals surface area contributed by atoms with Crippen LogP contribution in [0.4, 0.5) is 0 Å². The monoisotopic (exact) mass is 1390 g/mol. The van der Waals surface area contributed by atoms with Crippen LogP contribution in [0.1, 0.15) is 135 Å². The van der Waals surface area contributed by atoms with Crippen LogP contribution in [0, 0.1) is 17.8 Å². The van der Waals surface area contributed by atoms with Gasteiger partial charge < -0.3 is 97.7 Å². The van der Waals surface area contributed by atoms with Gasteiger partial charge in [-0.05, 0) is 130 Å². The van der Waals surface area contributed by atoms with Gasteiger partial charge in [0, 0.05) is 49.6 Å². The van der Waals surface area contributed by atoms with Gasteiger partial charge in [-0.2, -0.15) is 0 Å². The van der Waals surface area contributed by atoms with Crippen LogP contribution in [0.2, 0.25) is 0 Å². The van der Waals surface area contributed by atoms with Gasteiger partial charge in [0.2, 0.25) is 59.1 Å². The molecule has 0 saturated carbocycles. The number of nitrogens with two attached hydrogens (primary N) is 7. The summed E-state index contributed by atoms with van der Waals surface area (Å²) in [4.78, 5) is 157. The third-order valence-corrected chi connectivity index (χ3v) is 17.9. The zero-order chi connectivity index (χ0) is 73.6. The number of phenolic OH excluding ortho intramolecular Hbond substituents is 1. The average Bonchev–Trinajstić information content (AvgIpc) is 1.59. The molecular weight excluding hydrogens is 1280 g/mol. The number of likely N-dealkylation sites (tertiary alicyclic amines) is 1. The van der Waals surface area contributed by atoms with Crippen LogP contribution < -0.4 is 82.7 Å². The van der Waals surface area contributed by atoms with Crippen LogP contribution in [0.15, 0.2) is 95.0 Å². The Morgan fingerprint density at radius 2 is 1.05 bits per heavy atom. The minimum Gasteiger partial charge on any atom is -0.508 e. The molecule has 0 unspecified atom stereocenters. The summed E-state index contributed by atoms with van der Waals surface area (Å²) in [5, 5.41) is 33.4. The van der Waals surface area contributed by atoms with Crippen molar-refractivity contribution in [1.82, 2.24) is 52.4 Å². The molecule has 30 nitrogen and oxygen atoms in total. The number of fused-ring (bicyclic) bond motifs is 1. The van der Waals surface area contributed by atoms with Crippen LogP contribution in [-0.2, 0) is 67.2 Å². The van der Waals surface area contributed by atoms with Crippen molar-refractivity contribution in [1.29, 1.82) is 0 Å². The number of nitrogens with zero attached hydrogens (tertiary/aromatic N) is 3. The SMILES string of the molecule is CC[C@H](C)[C@H](NC(=O)[C@@H](NC(=O)[C@@H](N)Cc1ccccc1)[C@@H](C)CC)C(=O)N[C@@H](Cc1c[nH]c2ccccc12)C(=O)N1CCC[C@H]1C(=O)N[C@@H](CC(C)C)C(=O)N[C@@H](CCCN=C(N)N)C(=O)N[C@@H](Cc1ccc(O)cc1)C(=O)N[C@@H](CCCN=C(N)N)C(=O)N[C@@H](CCCCN)C(N)=O. The van der Waals surface area contributed by atoms with Gasteiger partial charge in [0.05, 0.1) is 6.04 Å². The number of carbonyl (C=O) groups excluding carboxylic acids is 10. The quantitative estimate of drug-likeness (QED) is 0.0157. The summed E-state index contributed by atoms with van der Waals surface area (Å²) in [7, 11) is 0. The van der Waals surface area contributed by atoms with Crippen molar-refractivity contribution < 1.29 is 53.1 Å². The molecule has 1 aromatic heterocycles. The molecule has 3 aromatic carbocycles. The Hall–Kier alpha value is -9.84. The van der Waals surface area contributed by atoms with Gasteiger partial charge in [0.25, 0.3) is 0 Å². The van der Waals surface area contributed by atoms with Crippen LogP contribution >= 0.6 is 0 Å².